The highest BCUT2D eigenvalue weighted by Crippen LogP contribution is 2.36. The Morgan fingerprint density at radius 3 is 2.62 bits per heavy atom. The minimum Gasteiger partial charge on any atom is -0.493 e. The fourth-order valence-electron chi connectivity index (χ4n) is 4.23. The van der Waals surface area contributed by atoms with Gasteiger partial charge in [-0.25, -0.2) is 23.9 Å². The summed E-state index contributed by atoms with van der Waals surface area (Å²) in [5.74, 6) is 0.721. The van der Waals surface area contributed by atoms with E-state index in [2.05, 4.69) is 30.1 Å². The molecular formula is C28H34FN6O8PS. The maximum absolute atomic E-state index is 13.4. The van der Waals surface area contributed by atoms with Gasteiger partial charge in [0.25, 0.3) is 0 Å². The molecule has 0 radical (unpaired) electrons. The van der Waals surface area contributed by atoms with Gasteiger partial charge in [0.1, 0.15) is 18.0 Å². The third-order valence-electron chi connectivity index (χ3n) is 6.30. The molecule has 0 spiro atoms. The maximum atomic E-state index is 13.4. The minimum atomic E-state index is -4.53. The summed E-state index contributed by atoms with van der Waals surface area (Å²) in [6, 6.07) is 9.20. The topological polar surface area (TPSA) is 177 Å². The summed E-state index contributed by atoms with van der Waals surface area (Å²) >= 11 is 1.29. The molecule has 0 aliphatic heterocycles. The molecule has 1 amide bonds. The fraction of sp³-hybridized carbons (Fsp3) is 0.357. The predicted molar refractivity (Wildman–Crippen MR) is 167 cm³/mol. The Morgan fingerprint density at radius 1 is 1.04 bits per heavy atom. The van der Waals surface area contributed by atoms with E-state index in [1.165, 1.54) is 43.0 Å². The number of rotatable bonds is 18. The molecule has 2 heterocycles. The number of carbonyl (C=O) groups excluding carboxylic acids is 1. The molecule has 14 nitrogen and oxygen atoms in total. The summed E-state index contributed by atoms with van der Waals surface area (Å²) < 4.78 is 45.6. The van der Waals surface area contributed by atoms with Crippen LogP contribution in [0, 0.1) is 5.82 Å². The van der Waals surface area contributed by atoms with Crippen LogP contribution in [-0.2, 0) is 25.0 Å². The highest BCUT2D eigenvalue weighted by molar-refractivity contribution is 7.46. The number of aromatic nitrogens is 3. The lowest BCUT2D eigenvalue weighted by Crippen LogP contribution is -2.32. The zero-order valence-corrected chi connectivity index (χ0v) is 26.4. The molecule has 0 aliphatic carbocycles. The number of nitrogens with zero attached hydrogens (tertiary/aromatic N) is 4. The summed E-state index contributed by atoms with van der Waals surface area (Å²) in [6.45, 7) is 2.16. The maximum Gasteiger partial charge on any atom is 0.469 e. The van der Waals surface area contributed by atoms with Gasteiger partial charge in [0, 0.05) is 55.0 Å². The van der Waals surface area contributed by atoms with Crippen LogP contribution >= 0.6 is 19.2 Å². The van der Waals surface area contributed by atoms with Crippen LogP contribution < -0.4 is 20.1 Å². The number of hydrogen-bond acceptors (Lipinski definition) is 12. The molecule has 0 saturated carbocycles. The molecule has 45 heavy (non-hydrogen) atoms. The summed E-state index contributed by atoms with van der Waals surface area (Å²) in [5.41, 5.74) is 0.980. The van der Waals surface area contributed by atoms with Crippen molar-refractivity contribution in [2.45, 2.75) is 12.8 Å². The lowest BCUT2D eigenvalue weighted by molar-refractivity contribution is -0.115. The molecule has 4 N–H and O–H groups in total. The van der Waals surface area contributed by atoms with E-state index >= 15 is 0 Å². The van der Waals surface area contributed by atoms with E-state index in [-0.39, 0.29) is 18.9 Å². The van der Waals surface area contributed by atoms with Crippen molar-refractivity contribution in [3.05, 3.63) is 59.6 Å². The van der Waals surface area contributed by atoms with Gasteiger partial charge in [-0.3, -0.25) is 14.2 Å². The fourth-order valence-corrected chi connectivity index (χ4v) is 5.36. The average molecular weight is 665 g/mol. The Bertz CT molecular complexity index is 1620. The first kappa shape index (κ1) is 34.1. The highest BCUT2D eigenvalue weighted by Gasteiger charge is 2.16. The zero-order valence-electron chi connectivity index (χ0n) is 24.6. The first-order chi connectivity index (χ1) is 21.6. The number of hydrogen-bond donors (Lipinski definition) is 4. The SMILES string of the molecule is COCCN(CCCOc1cc2ncnc(Nc3ncc(CC(=O)Nc4cccc(F)c4)s3)c2cc1OC)CCOP(=O)(O)O. The van der Waals surface area contributed by atoms with Crippen molar-refractivity contribution in [2.24, 2.45) is 0 Å². The quantitative estimate of drug-likeness (QED) is 0.0888. The van der Waals surface area contributed by atoms with E-state index < -0.39 is 13.6 Å². The van der Waals surface area contributed by atoms with Crippen LogP contribution in [0.4, 0.5) is 21.0 Å². The van der Waals surface area contributed by atoms with Gasteiger partial charge >= 0.3 is 7.82 Å². The third-order valence-corrected chi connectivity index (χ3v) is 7.73. The van der Waals surface area contributed by atoms with Gasteiger partial charge < -0.3 is 34.6 Å². The number of ether oxygens (including phenoxy) is 3. The lowest BCUT2D eigenvalue weighted by atomic mass is 10.2. The molecule has 0 bridgehead atoms. The van der Waals surface area contributed by atoms with Gasteiger partial charge in [0.05, 0.1) is 38.9 Å². The van der Waals surface area contributed by atoms with Crippen LogP contribution in [0.5, 0.6) is 11.5 Å². The second kappa shape index (κ2) is 16.5. The summed E-state index contributed by atoms with van der Waals surface area (Å²) in [4.78, 5) is 46.0. The Kier molecular flexibility index (Phi) is 12.5. The highest BCUT2D eigenvalue weighted by atomic mass is 32.1. The number of fused-ring (bicyclic) bond motifs is 1. The van der Waals surface area contributed by atoms with Gasteiger partial charge in [-0.2, -0.15) is 0 Å². The van der Waals surface area contributed by atoms with Crippen LogP contribution in [0.15, 0.2) is 48.9 Å². The standard InChI is InChI=1S/C28H34FN6O8PS/c1-40-11-8-35(9-12-43-44(37,38)39)7-4-10-42-25-16-23-22(15-24(25)41-2)27(32-18-31-23)34-28-30-17-21(45-28)14-26(36)33-20-6-3-5-19(29)13-20/h3,5-6,13,15-18H,4,7-12,14H2,1-2H3,(H,33,36)(H2,37,38,39)(H,30,31,32,34). The number of methoxy groups -OCH3 is 2. The van der Waals surface area contributed by atoms with Crippen LogP contribution in [0.1, 0.15) is 11.3 Å². The molecule has 0 atom stereocenters. The Hall–Kier alpha value is -3.76. The number of carbonyl (C=O) groups is 1. The molecule has 0 unspecified atom stereocenters. The second-order valence-electron chi connectivity index (χ2n) is 9.59. The first-order valence-electron chi connectivity index (χ1n) is 13.8. The Morgan fingerprint density at radius 2 is 1.87 bits per heavy atom. The van der Waals surface area contributed by atoms with Crippen molar-refractivity contribution < 1.29 is 42.3 Å². The Labute approximate surface area is 262 Å². The number of phosphoric acid groups is 1. The number of halogens is 1. The molecule has 2 aromatic heterocycles. The number of amides is 1. The van der Waals surface area contributed by atoms with E-state index in [0.29, 0.717) is 83.2 Å². The van der Waals surface area contributed by atoms with Crippen LogP contribution in [-0.4, -0.2) is 89.2 Å². The Balaban J connectivity index is 1.36. The average Bonchev–Trinajstić information content (AvgIpc) is 3.43. The normalized spacial score (nSPS) is 11.6. The monoisotopic (exact) mass is 664 g/mol. The van der Waals surface area contributed by atoms with Crippen LogP contribution in [0.2, 0.25) is 0 Å². The molecule has 4 aromatic rings. The molecule has 2 aromatic carbocycles. The zero-order chi connectivity index (χ0) is 32.2. The largest absolute Gasteiger partial charge is 0.493 e. The molecule has 242 valence electrons. The molecule has 0 fully saturated rings. The van der Waals surface area contributed by atoms with Crippen LogP contribution in [0.25, 0.3) is 10.9 Å². The number of anilines is 3. The van der Waals surface area contributed by atoms with Gasteiger partial charge in [-0.1, -0.05) is 6.07 Å². The summed E-state index contributed by atoms with van der Waals surface area (Å²) in [5, 5.41) is 7.04. The van der Waals surface area contributed by atoms with E-state index in [9.17, 15) is 13.8 Å². The van der Waals surface area contributed by atoms with E-state index in [0.717, 1.165) is 0 Å². The lowest BCUT2D eigenvalue weighted by Gasteiger charge is -2.22. The smallest absolute Gasteiger partial charge is 0.469 e. The second-order valence-corrected chi connectivity index (χ2v) is 11.9. The van der Waals surface area contributed by atoms with Crippen molar-refractivity contribution in [1.29, 1.82) is 0 Å². The van der Waals surface area contributed by atoms with Gasteiger partial charge in [0.2, 0.25) is 5.91 Å². The van der Waals surface area contributed by atoms with E-state index in [1.54, 1.807) is 31.5 Å². The molecule has 0 saturated heterocycles. The van der Waals surface area contributed by atoms with Gasteiger partial charge in [0.15, 0.2) is 16.6 Å². The van der Waals surface area contributed by atoms with Gasteiger partial charge in [-0.15, -0.1) is 11.3 Å². The minimum absolute atomic E-state index is 0.0697. The number of nitrogens with one attached hydrogen (secondary N) is 2. The first-order valence-corrected chi connectivity index (χ1v) is 16.1. The van der Waals surface area contributed by atoms with Crippen LogP contribution in [0.3, 0.4) is 0 Å². The predicted octanol–water partition coefficient (Wildman–Crippen LogP) is 3.99. The summed E-state index contributed by atoms with van der Waals surface area (Å²) in [6.07, 6.45) is 3.69. The summed E-state index contributed by atoms with van der Waals surface area (Å²) in [7, 11) is -1.42. The molecule has 0 aliphatic rings. The van der Waals surface area contributed by atoms with Crippen molar-refractivity contribution in [1.82, 2.24) is 19.9 Å². The number of benzene rings is 2. The van der Waals surface area contributed by atoms with Crippen molar-refractivity contribution in [2.75, 3.05) is 64.3 Å². The molecule has 17 heteroatoms. The van der Waals surface area contributed by atoms with E-state index in [4.69, 9.17) is 24.0 Å². The molecule has 4 rings (SSSR count). The van der Waals surface area contributed by atoms with Crippen molar-refractivity contribution in [3.8, 4) is 11.5 Å². The van der Waals surface area contributed by atoms with Gasteiger partial charge in [-0.05, 0) is 30.7 Å². The number of thiazole rings is 1. The number of phosphoric ester groups is 1. The van der Waals surface area contributed by atoms with Crippen molar-refractivity contribution >= 4 is 52.6 Å². The molecular weight excluding hydrogens is 630 g/mol. The third kappa shape index (κ3) is 11.0. The van der Waals surface area contributed by atoms with Crippen molar-refractivity contribution in [3.63, 3.8) is 0 Å². The van der Waals surface area contributed by atoms with E-state index in [1.807, 2.05) is 4.90 Å².